The molecule has 25 heavy (non-hydrogen) atoms. The van der Waals surface area contributed by atoms with Gasteiger partial charge in [0.25, 0.3) is 5.91 Å². The first-order valence-electron chi connectivity index (χ1n) is 7.43. The van der Waals surface area contributed by atoms with Gasteiger partial charge in [0.1, 0.15) is 5.75 Å². The van der Waals surface area contributed by atoms with Crippen molar-refractivity contribution in [3.8, 4) is 5.75 Å². The number of aromatic hydroxyl groups is 1. The van der Waals surface area contributed by atoms with Crippen molar-refractivity contribution < 1.29 is 14.7 Å². The van der Waals surface area contributed by atoms with Crippen molar-refractivity contribution in [1.29, 1.82) is 0 Å². The zero-order chi connectivity index (χ0) is 18.2. The molecule has 0 aliphatic heterocycles. The zero-order valence-electron chi connectivity index (χ0n) is 13.5. The van der Waals surface area contributed by atoms with Gasteiger partial charge in [-0.15, -0.1) is 0 Å². The number of nitrogens with one attached hydrogen (secondary N) is 2. The smallest absolute Gasteiger partial charge is 0.275 e. The average molecular weight is 361 g/mol. The van der Waals surface area contributed by atoms with Crippen LogP contribution in [0.2, 0.25) is 5.02 Å². The highest BCUT2D eigenvalue weighted by Crippen LogP contribution is 2.21. The van der Waals surface area contributed by atoms with Gasteiger partial charge in [0.2, 0.25) is 5.91 Å². The number of carbonyl (C=O) groups excluding carboxylic acids is 2. The summed E-state index contributed by atoms with van der Waals surface area (Å²) < 4.78 is 0. The van der Waals surface area contributed by atoms with E-state index >= 15 is 0 Å². The lowest BCUT2D eigenvalue weighted by Gasteiger charge is -2.06. The second-order valence-corrected chi connectivity index (χ2v) is 5.70. The normalized spacial score (nSPS) is 11.0. The quantitative estimate of drug-likeness (QED) is 0.543. The van der Waals surface area contributed by atoms with Gasteiger partial charge in [-0.2, -0.15) is 5.10 Å². The largest absolute Gasteiger partial charge is 0.507 e. The van der Waals surface area contributed by atoms with Crippen LogP contribution >= 0.6 is 11.6 Å². The lowest BCUT2D eigenvalue weighted by atomic mass is 10.2. The summed E-state index contributed by atoms with van der Waals surface area (Å²) >= 11 is 5.79. The molecule has 1 heterocycles. The molecule has 1 aromatic carbocycles. The molecule has 2 aromatic rings. The number of carbonyl (C=O) groups is 2. The first-order valence-corrected chi connectivity index (χ1v) is 7.81. The Kier molecular flexibility index (Phi) is 6.47. The van der Waals surface area contributed by atoms with Crippen LogP contribution in [-0.2, 0) is 11.3 Å². The minimum Gasteiger partial charge on any atom is -0.507 e. The summed E-state index contributed by atoms with van der Waals surface area (Å²) in [5, 5.41) is 16.6. The molecule has 0 bridgehead atoms. The monoisotopic (exact) mass is 360 g/mol. The van der Waals surface area contributed by atoms with Crippen molar-refractivity contribution in [1.82, 2.24) is 15.7 Å². The number of benzene rings is 1. The molecule has 3 N–H and O–H groups in total. The van der Waals surface area contributed by atoms with E-state index in [9.17, 15) is 14.7 Å². The standard InChI is InChI=1S/C17H17ClN4O3/c1-11(7-16(24)20-10-12-3-2-6-19-9-12)21-22-17(25)14-8-13(18)4-5-15(14)23/h2-6,8-9,23H,7,10H2,1H3,(H,20,24)(H,22,25)/b21-11+. The van der Waals surface area contributed by atoms with Crippen LogP contribution in [0.5, 0.6) is 5.75 Å². The Labute approximate surface area is 149 Å². The molecule has 2 rings (SSSR count). The number of pyridine rings is 1. The molecule has 0 atom stereocenters. The number of hydrogen-bond donors (Lipinski definition) is 3. The van der Waals surface area contributed by atoms with E-state index in [4.69, 9.17) is 11.6 Å². The molecule has 0 saturated carbocycles. The molecule has 0 fully saturated rings. The van der Waals surface area contributed by atoms with E-state index in [1.165, 1.54) is 18.2 Å². The molecule has 0 radical (unpaired) electrons. The SMILES string of the molecule is C/C(CC(=O)NCc1cccnc1)=N\NC(=O)c1cc(Cl)ccc1O. The number of aromatic nitrogens is 1. The molecule has 2 amide bonds. The van der Waals surface area contributed by atoms with Gasteiger partial charge in [-0.3, -0.25) is 14.6 Å². The summed E-state index contributed by atoms with van der Waals surface area (Å²) in [5.74, 6) is -1.05. The topological polar surface area (TPSA) is 104 Å². The number of hydrogen-bond acceptors (Lipinski definition) is 5. The molecule has 0 spiro atoms. The van der Waals surface area contributed by atoms with Crippen LogP contribution in [0.4, 0.5) is 0 Å². The number of halogens is 1. The third-order valence-electron chi connectivity index (χ3n) is 3.18. The molecule has 7 nitrogen and oxygen atoms in total. The first kappa shape index (κ1) is 18.4. The fourth-order valence-electron chi connectivity index (χ4n) is 1.93. The van der Waals surface area contributed by atoms with Crippen LogP contribution in [-0.4, -0.2) is 27.6 Å². The maximum atomic E-state index is 12.0. The van der Waals surface area contributed by atoms with Gasteiger partial charge in [-0.05, 0) is 36.8 Å². The Hall–Kier alpha value is -2.93. The molecule has 0 aliphatic rings. The highest BCUT2D eigenvalue weighted by Gasteiger charge is 2.11. The molecule has 0 saturated heterocycles. The van der Waals surface area contributed by atoms with Crippen molar-refractivity contribution in [3.05, 3.63) is 58.9 Å². The van der Waals surface area contributed by atoms with E-state index in [0.717, 1.165) is 5.56 Å². The minimum atomic E-state index is -0.616. The number of phenolic OH excluding ortho intramolecular Hbond substituents is 1. The number of phenols is 1. The summed E-state index contributed by atoms with van der Waals surface area (Å²) in [4.78, 5) is 27.8. The third kappa shape index (κ3) is 5.89. The molecule has 8 heteroatoms. The summed E-state index contributed by atoms with van der Waals surface area (Å²) in [6.45, 7) is 1.98. The summed E-state index contributed by atoms with van der Waals surface area (Å²) in [6, 6.07) is 7.76. The van der Waals surface area contributed by atoms with E-state index in [-0.39, 0.29) is 23.6 Å². The van der Waals surface area contributed by atoms with Gasteiger partial charge in [0, 0.05) is 29.7 Å². The van der Waals surface area contributed by atoms with E-state index in [2.05, 4.69) is 20.8 Å². The summed E-state index contributed by atoms with van der Waals surface area (Å²) in [5.41, 5.74) is 3.59. The maximum Gasteiger partial charge on any atom is 0.275 e. The van der Waals surface area contributed by atoms with Crippen molar-refractivity contribution in [2.24, 2.45) is 5.10 Å². The Balaban J connectivity index is 1.85. The van der Waals surface area contributed by atoms with Gasteiger partial charge >= 0.3 is 0 Å². The lowest BCUT2D eigenvalue weighted by molar-refractivity contribution is -0.120. The second kappa shape index (κ2) is 8.79. The van der Waals surface area contributed by atoms with E-state index in [1.807, 2.05) is 6.07 Å². The van der Waals surface area contributed by atoms with Gasteiger partial charge in [0.15, 0.2) is 0 Å². The van der Waals surface area contributed by atoms with Crippen LogP contribution in [0, 0.1) is 0 Å². The van der Waals surface area contributed by atoms with Crippen LogP contribution < -0.4 is 10.7 Å². The Morgan fingerprint density at radius 1 is 1.32 bits per heavy atom. The maximum absolute atomic E-state index is 12.0. The molecule has 0 unspecified atom stereocenters. The van der Waals surface area contributed by atoms with Crippen LogP contribution in [0.3, 0.4) is 0 Å². The van der Waals surface area contributed by atoms with Crippen LogP contribution in [0.25, 0.3) is 0 Å². The predicted molar refractivity (Wildman–Crippen MR) is 94.4 cm³/mol. The number of rotatable bonds is 6. The highest BCUT2D eigenvalue weighted by molar-refractivity contribution is 6.31. The lowest BCUT2D eigenvalue weighted by Crippen LogP contribution is -2.26. The number of nitrogens with zero attached hydrogens (tertiary/aromatic N) is 2. The molecular formula is C17H17ClN4O3. The Morgan fingerprint density at radius 3 is 2.84 bits per heavy atom. The fraction of sp³-hybridized carbons (Fsp3) is 0.176. The number of hydrazone groups is 1. The molecule has 0 aliphatic carbocycles. The van der Waals surface area contributed by atoms with E-state index < -0.39 is 5.91 Å². The summed E-state index contributed by atoms with van der Waals surface area (Å²) in [7, 11) is 0. The molecular weight excluding hydrogens is 344 g/mol. The number of amides is 2. The zero-order valence-corrected chi connectivity index (χ0v) is 14.2. The predicted octanol–water partition coefficient (Wildman–Crippen LogP) is 2.25. The fourth-order valence-corrected chi connectivity index (χ4v) is 2.11. The van der Waals surface area contributed by atoms with Gasteiger partial charge in [0.05, 0.1) is 12.0 Å². The van der Waals surface area contributed by atoms with Crippen LogP contribution in [0.1, 0.15) is 29.3 Å². The van der Waals surface area contributed by atoms with Gasteiger partial charge < -0.3 is 10.4 Å². The Bertz CT molecular complexity index is 794. The van der Waals surface area contributed by atoms with Gasteiger partial charge in [-0.1, -0.05) is 17.7 Å². The van der Waals surface area contributed by atoms with E-state index in [1.54, 1.807) is 25.4 Å². The molecule has 1 aromatic heterocycles. The van der Waals surface area contributed by atoms with Crippen molar-refractivity contribution in [3.63, 3.8) is 0 Å². The van der Waals surface area contributed by atoms with E-state index in [0.29, 0.717) is 17.3 Å². The Morgan fingerprint density at radius 2 is 2.12 bits per heavy atom. The highest BCUT2D eigenvalue weighted by atomic mass is 35.5. The van der Waals surface area contributed by atoms with Crippen molar-refractivity contribution >= 4 is 29.1 Å². The average Bonchev–Trinajstić information content (AvgIpc) is 2.61. The van der Waals surface area contributed by atoms with Crippen molar-refractivity contribution in [2.75, 3.05) is 0 Å². The van der Waals surface area contributed by atoms with Crippen LogP contribution in [0.15, 0.2) is 47.8 Å². The minimum absolute atomic E-state index is 0.00470. The second-order valence-electron chi connectivity index (χ2n) is 5.26. The van der Waals surface area contributed by atoms with Gasteiger partial charge in [-0.25, -0.2) is 5.43 Å². The van der Waals surface area contributed by atoms with Crippen molar-refractivity contribution in [2.45, 2.75) is 19.9 Å². The molecule has 130 valence electrons. The summed E-state index contributed by atoms with van der Waals surface area (Å²) in [6.07, 6.45) is 3.35. The third-order valence-corrected chi connectivity index (χ3v) is 3.42. The first-order chi connectivity index (χ1) is 12.0.